The summed E-state index contributed by atoms with van der Waals surface area (Å²) in [7, 11) is 0. The standard InChI is InChI=1S/C15H14BrNO2/c1-2-19-14-8-12(9-17-10-14)15(18)7-11-4-3-5-13(16)6-11/h3-6,8-10H,2,7H2,1H3. The number of hydrogen-bond donors (Lipinski definition) is 0. The Balaban J connectivity index is 2.13. The van der Waals surface area contributed by atoms with Gasteiger partial charge in [-0.1, -0.05) is 28.1 Å². The lowest BCUT2D eigenvalue weighted by Crippen LogP contribution is -2.05. The number of nitrogens with zero attached hydrogens (tertiary/aromatic N) is 1. The van der Waals surface area contributed by atoms with Gasteiger partial charge in [-0.3, -0.25) is 9.78 Å². The second-order valence-electron chi connectivity index (χ2n) is 4.07. The summed E-state index contributed by atoms with van der Waals surface area (Å²) in [5.41, 5.74) is 1.55. The van der Waals surface area contributed by atoms with Gasteiger partial charge in [0.15, 0.2) is 5.78 Å². The summed E-state index contributed by atoms with van der Waals surface area (Å²) in [5.74, 6) is 0.662. The number of carbonyl (C=O) groups excluding carboxylic acids is 1. The van der Waals surface area contributed by atoms with Gasteiger partial charge in [-0.25, -0.2) is 0 Å². The van der Waals surface area contributed by atoms with Gasteiger partial charge in [0.2, 0.25) is 0 Å². The molecule has 98 valence electrons. The third-order valence-corrected chi connectivity index (χ3v) is 3.09. The van der Waals surface area contributed by atoms with E-state index >= 15 is 0 Å². The van der Waals surface area contributed by atoms with Crippen molar-refractivity contribution in [2.45, 2.75) is 13.3 Å². The SMILES string of the molecule is CCOc1cncc(C(=O)Cc2cccc(Br)c2)c1. The van der Waals surface area contributed by atoms with Crippen LogP contribution in [0.1, 0.15) is 22.8 Å². The van der Waals surface area contributed by atoms with Gasteiger partial charge in [0, 0.05) is 22.7 Å². The summed E-state index contributed by atoms with van der Waals surface area (Å²) in [6.45, 7) is 2.46. The molecule has 0 amide bonds. The van der Waals surface area contributed by atoms with Crippen molar-refractivity contribution < 1.29 is 9.53 Å². The molecule has 1 heterocycles. The molecule has 0 radical (unpaired) electrons. The average molecular weight is 320 g/mol. The van der Waals surface area contributed by atoms with E-state index in [1.807, 2.05) is 31.2 Å². The molecule has 0 spiro atoms. The number of ketones is 1. The first-order chi connectivity index (χ1) is 9.19. The van der Waals surface area contributed by atoms with Gasteiger partial charge in [0.1, 0.15) is 5.75 Å². The zero-order valence-corrected chi connectivity index (χ0v) is 12.2. The highest BCUT2D eigenvalue weighted by Gasteiger charge is 2.09. The molecule has 0 aliphatic rings. The quantitative estimate of drug-likeness (QED) is 0.789. The van der Waals surface area contributed by atoms with Crippen LogP contribution in [0.25, 0.3) is 0 Å². The lowest BCUT2D eigenvalue weighted by atomic mass is 10.0. The van der Waals surface area contributed by atoms with Crippen molar-refractivity contribution >= 4 is 21.7 Å². The number of aromatic nitrogens is 1. The third kappa shape index (κ3) is 3.89. The molecule has 3 nitrogen and oxygen atoms in total. The molecule has 0 bridgehead atoms. The third-order valence-electron chi connectivity index (χ3n) is 2.60. The maximum absolute atomic E-state index is 12.2. The molecule has 4 heteroatoms. The molecule has 1 aromatic carbocycles. The van der Waals surface area contributed by atoms with E-state index in [-0.39, 0.29) is 5.78 Å². The molecule has 1 aromatic heterocycles. The van der Waals surface area contributed by atoms with Crippen molar-refractivity contribution in [2.24, 2.45) is 0 Å². The van der Waals surface area contributed by atoms with Gasteiger partial charge in [0.05, 0.1) is 12.8 Å². The van der Waals surface area contributed by atoms with E-state index in [1.165, 1.54) is 0 Å². The number of rotatable bonds is 5. The van der Waals surface area contributed by atoms with Crippen LogP contribution in [-0.2, 0) is 6.42 Å². The van der Waals surface area contributed by atoms with Crippen molar-refractivity contribution in [1.29, 1.82) is 0 Å². The summed E-state index contributed by atoms with van der Waals surface area (Å²) in [4.78, 5) is 16.2. The highest BCUT2D eigenvalue weighted by molar-refractivity contribution is 9.10. The summed E-state index contributed by atoms with van der Waals surface area (Å²) in [6.07, 6.45) is 3.54. The number of hydrogen-bond acceptors (Lipinski definition) is 3. The van der Waals surface area contributed by atoms with Crippen LogP contribution in [0.2, 0.25) is 0 Å². The van der Waals surface area contributed by atoms with E-state index < -0.39 is 0 Å². The first kappa shape index (κ1) is 13.7. The summed E-state index contributed by atoms with van der Waals surface area (Å²) < 4.78 is 6.32. The van der Waals surface area contributed by atoms with Crippen LogP contribution in [0, 0.1) is 0 Å². The molecule has 0 aliphatic carbocycles. The molecule has 2 rings (SSSR count). The van der Waals surface area contributed by atoms with Crippen LogP contribution in [-0.4, -0.2) is 17.4 Å². The highest BCUT2D eigenvalue weighted by atomic mass is 79.9. The summed E-state index contributed by atoms with van der Waals surface area (Å²) >= 11 is 3.40. The maximum atomic E-state index is 12.2. The molecule has 0 N–H and O–H groups in total. The Morgan fingerprint density at radius 2 is 2.16 bits per heavy atom. The van der Waals surface area contributed by atoms with Crippen LogP contribution in [0.4, 0.5) is 0 Å². The second-order valence-corrected chi connectivity index (χ2v) is 4.99. The number of benzene rings is 1. The highest BCUT2D eigenvalue weighted by Crippen LogP contribution is 2.16. The predicted octanol–water partition coefficient (Wildman–Crippen LogP) is 3.67. The molecule has 0 saturated heterocycles. The summed E-state index contributed by atoms with van der Waals surface area (Å²) in [6, 6.07) is 9.46. The zero-order chi connectivity index (χ0) is 13.7. The lowest BCUT2D eigenvalue weighted by Gasteiger charge is -2.05. The first-order valence-corrected chi connectivity index (χ1v) is 6.84. The average Bonchev–Trinajstić information content (AvgIpc) is 2.39. The largest absolute Gasteiger partial charge is 0.492 e. The maximum Gasteiger partial charge on any atom is 0.168 e. The van der Waals surface area contributed by atoms with E-state index in [4.69, 9.17) is 4.74 Å². The Morgan fingerprint density at radius 3 is 2.89 bits per heavy atom. The molecule has 0 saturated carbocycles. The smallest absolute Gasteiger partial charge is 0.168 e. The molecule has 19 heavy (non-hydrogen) atoms. The molecule has 0 aliphatic heterocycles. The minimum absolute atomic E-state index is 0.0344. The Labute approximate surface area is 120 Å². The van der Waals surface area contributed by atoms with Crippen molar-refractivity contribution in [3.05, 3.63) is 58.3 Å². The monoisotopic (exact) mass is 319 g/mol. The second kappa shape index (κ2) is 6.48. The first-order valence-electron chi connectivity index (χ1n) is 6.04. The molecular weight excluding hydrogens is 306 g/mol. The van der Waals surface area contributed by atoms with E-state index in [0.717, 1.165) is 10.0 Å². The van der Waals surface area contributed by atoms with Crippen molar-refractivity contribution in [3.63, 3.8) is 0 Å². The normalized spacial score (nSPS) is 10.2. The lowest BCUT2D eigenvalue weighted by molar-refractivity contribution is 0.0992. The molecule has 2 aromatic rings. The number of ether oxygens (including phenoxy) is 1. The van der Waals surface area contributed by atoms with Gasteiger partial charge in [-0.05, 0) is 30.7 Å². The molecular formula is C15H14BrNO2. The van der Waals surface area contributed by atoms with Crippen LogP contribution in [0.3, 0.4) is 0 Å². The predicted molar refractivity (Wildman–Crippen MR) is 77.6 cm³/mol. The van der Waals surface area contributed by atoms with E-state index in [0.29, 0.717) is 24.3 Å². The van der Waals surface area contributed by atoms with E-state index in [9.17, 15) is 4.79 Å². The van der Waals surface area contributed by atoms with Crippen LogP contribution in [0.15, 0.2) is 47.2 Å². The van der Waals surface area contributed by atoms with E-state index in [1.54, 1.807) is 18.5 Å². The van der Waals surface area contributed by atoms with Crippen LogP contribution < -0.4 is 4.74 Å². The zero-order valence-electron chi connectivity index (χ0n) is 10.6. The van der Waals surface area contributed by atoms with Gasteiger partial charge in [-0.15, -0.1) is 0 Å². The van der Waals surface area contributed by atoms with E-state index in [2.05, 4.69) is 20.9 Å². The number of carbonyl (C=O) groups is 1. The minimum atomic E-state index is 0.0344. The van der Waals surface area contributed by atoms with Crippen molar-refractivity contribution in [1.82, 2.24) is 4.98 Å². The fourth-order valence-electron chi connectivity index (χ4n) is 1.75. The van der Waals surface area contributed by atoms with Crippen LogP contribution in [0.5, 0.6) is 5.75 Å². The van der Waals surface area contributed by atoms with Gasteiger partial charge >= 0.3 is 0 Å². The topological polar surface area (TPSA) is 39.2 Å². The Bertz CT molecular complexity index is 584. The molecule has 0 atom stereocenters. The molecule has 0 unspecified atom stereocenters. The fourth-order valence-corrected chi connectivity index (χ4v) is 2.20. The van der Waals surface area contributed by atoms with Gasteiger partial charge < -0.3 is 4.74 Å². The van der Waals surface area contributed by atoms with Crippen molar-refractivity contribution in [3.8, 4) is 5.75 Å². The van der Waals surface area contributed by atoms with Crippen molar-refractivity contribution in [2.75, 3.05) is 6.61 Å². The van der Waals surface area contributed by atoms with Gasteiger partial charge in [-0.2, -0.15) is 0 Å². The number of halogens is 1. The van der Waals surface area contributed by atoms with Gasteiger partial charge in [0.25, 0.3) is 0 Å². The number of pyridine rings is 1. The Morgan fingerprint density at radius 1 is 1.32 bits per heavy atom. The van der Waals surface area contributed by atoms with Crippen LogP contribution >= 0.6 is 15.9 Å². The molecule has 0 fully saturated rings. The minimum Gasteiger partial charge on any atom is -0.492 e. The Kier molecular flexibility index (Phi) is 4.68. The fraction of sp³-hybridized carbons (Fsp3) is 0.200. The Hall–Kier alpha value is -1.68. The number of Topliss-reactive ketones (excluding diaryl/α,β-unsaturated/α-hetero) is 1. The summed E-state index contributed by atoms with van der Waals surface area (Å²) in [5, 5.41) is 0.